The molecule has 146 valence electrons. The largest absolute Gasteiger partial charge is 0.345 e. The number of piperazine rings is 1. The zero-order valence-electron chi connectivity index (χ0n) is 17.0. The van der Waals surface area contributed by atoms with Crippen LogP contribution in [0.4, 0.5) is 5.82 Å². The standard InChI is InChI=1S/C23H29N5/c1-3-26-13-15-27(16-14-26)23-19-11-7-8-12-20(19)24-22-21(17(2)25-28(22)23)18-9-5-4-6-10-18/h4-6,9-10H,3,7-8,11-16H2,1-2H3/p+1. The minimum atomic E-state index is 1.03. The maximum absolute atomic E-state index is 5.17. The van der Waals surface area contributed by atoms with Crippen molar-refractivity contribution in [1.82, 2.24) is 14.6 Å². The van der Waals surface area contributed by atoms with Gasteiger partial charge in [0.25, 0.3) is 0 Å². The molecule has 1 aliphatic carbocycles. The molecule has 0 bridgehead atoms. The molecule has 5 rings (SSSR count). The molecule has 3 heterocycles. The van der Waals surface area contributed by atoms with Crippen molar-refractivity contribution in [2.75, 3.05) is 37.6 Å². The second-order valence-corrected chi connectivity index (χ2v) is 8.22. The Hall–Kier alpha value is -2.40. The van der Waals surface area contributed by atoms with Crippen LogP contribution in [-0.4, -0.2) is 47.3 Å². The molecule has 2 aromatic heterocycles. The van der Waals surface area contributed by atoms with Crippen molar-refractivity contribution in [2.24, 2.45) is 0 Å². The van der Waals surface area contributed by atoms with E-state index < -0.39 is 0 Å². The quantitative estimate of drug-likeness (QED) is 0.762. The molecule has 0 atom stereocenters. The van der Waals surface area contributed by atoms with Crippen molar-refractivity contribution in [2.45, 2.75) is 39.5 Å². The van der Waals surface area contributed by atoms with Gasteiger partial charge in [0, 0.05) is 16.8 Å². The molecule has 1 fully saturated rings. The summed E-state index contributed by atoms with van der Waals surface area (Å²) in [6.45, 7) is 10.3. The minimum absolute atomic E-state index is 1.03. The fraction of sp³-hybridized carbons (Fsp3) is 0.478. The SMILES string of the molecule is CC[NH+]1CCN(c2c3c(nc4c(-c5ccccc5)c(C)nn24)CCCC3)CC1. The van der Waals surface area contributed by atoms with E-state index in [1.807, 2.05) is 0 Å². The molecule has 2 aliphatic rings. The lowest BCUT2D eigenvalue weighted by atomic mass is 9.95. The van der Waals surface area contributed by atoms with Gasteiger partial charge in [-0.15, -0.1) is 0 Å². The first-order chi connectivity index (χ1) is 13.8. The van der Waals surface area contributed by atoms with Crippen LogP contribution in [0.1, 0.15) is 36.7 Å². The minimum Gasteiger partial charge on any atom is -0.345 e. The van der Waals surface area contributed by atoms with Gasteiger partial charge in [-0.25, -0.2) is 4.98 Å². The Bertz CT molecular complexity index is 983. The predicted octanol–water partition coefficient (Wildman–Crippen LogP) is 2.31. The smallest absolute Gasteiger partial charge is 0.165 e. The number of likely N-dealkylation sites (N-methyl/N-ethyl adjacent to an activating group) is 1. The molecule has 0 spiro atoms. The first-order valence-electron chi connectivity index (χ1n) is 10.8. The van der Waals surface area contributed by atoms with Gasteiger partial charge in [0.15, 0.2) is 5.65 Å². The molecule has 0 radical (unpaired) electrons. The van der Waals surface area contributed by atoms with E-state index in [9.17, 15) is 0 Å². The summed E-state index contributed by atoms with van der Waals surface area (Å²) in [6.07, 6.45) is 4.74. The third-order valence-corrected chi connectivity index (χ3v) is 6.52. The Labute approximate surface area is 167 Å². The van der Waals surface area contributed by atoms with Crippen molar-refractivity contribution < 1.29 is 4.90 Å². The number of hydrogen-bond donors (Lipinski definition) is 1. The molecular weight excluding hydrogens is 346 g/mol. The highest BCUT2D eigenvalue weighted by atomic mass is 15.4. The summed E-state index contributed by atoms with van der Waals surface area (Å²) in [5, 5.41) is 5.02. The van der Waals surface area contributed by atoms with E-state index in [0.29, 0.717) is 0 Å². The van der Waals surface area contributed by atoms with Crippen LogP contribution in [0.2, 0.25) is 0 Å². The maximum atomic E-state index is 5.17. The predicted molar refractivity (Wildman–Crippen MR) is 113 cm³/mol. The van der Waals surface area contributed by atoms with Crippen LogP contribution in [0.3, 0.4) is 0 Å². The Kier molecular flexibility index (Phi) is 4.55. The number of aryl methyl sites for hydroxylation is 2. The number of rotatable bonds is 3. The van der Waals surface area contributed by atoms with Crippen molar-refractivity contribution in [1.29, 1.82) is 0 Å². The fourth-order valence-electron chi connectivity index (χ4n) is 4.93. The van der Waals surface area contributed by atoms with E-state index in [2.05, 4.69) is 53.6 Å². The summed E-state index contributed by atoms with van der Waals surface area (Å²) in [7, 11) is 0. The maximum Gasteiger partial charge on any atom is 0.165 e. The number of nitrogens with zero attached hydrogens (tertiary/aromatic N) is 4. The van der Waals surface area contributed by atoms with E-state index >= 15 is 0 Å². The molecule has 1 aliphatic heterocycles. The number of quaternary nitrogens is 1. The zero-order chi connectivity index (χ0) is 19.1. The summed E-state index contributed by atoms with van der Waals surface area (Å²) in [5.41, 5.74) is 7.25. The number of fused-ring (bicyclic) bond motifs is 2. The third kappa shape index (κ3) is 2.89. The summed E-state index contributed by atoms with van der Waals surface area (Å²) in [6, 6.07) is 10.6. The molecule has 1 saturated heterocycles. The van der Waals surface area contributed by atoms with Crippen LogP contribution in [-0.2, 0) is 12.8 Å². The number of aromatic nitrogens is 3. The molecule has 3 aromatic rings. The van der Waals surface area contributed by atoms with Gasteiger partial charge in [0.1, 0.15) is 5.82 Å². The normalized spacial score (nSPS) is 17.9. The van der Waals surface area contributed by atoms with E-state index in [-0.39, 0.29) is 0 Å². The summed E-state index contributed by atoms with van der Waals surface area (Å²) < 4.78 is 2.17. The number of benzene rings is 1. The van der Waals surface area contributed by atoms with Gasteiger partial charge in [-0.3, -0.25) is 0 Å². The second-order valence-electron chi connectivity index (χ2n) is 8.22. The van der Waals surface area contributed by atoms with Gasteiger partial charge >= 0.3 is 0 Å². The zero-order valence-corrected chi connectivity index (χ0v) is 17.0. The molecule has 5 nitrogen and oxygen atoms in total. The highest BCUT2D eigenvalue weighted by Gasteiger charge is 2.28. The lowest BCUT2D eigenvalue weighted by Crippen LogP contribution is -3.14. The molecule has 5 heteroatoms. The van der Waals surface area contributed by atoms with Crippen LogP contribution < -0.4 is 9.80 Å². The van der Waals surface area contributed by atoms with Crippen molar-refractivity contribution >= 4 is 11.5 Å². The highest BCUT2D eigenvalue weighted by molar-refractivity contribution is 5.81. The molecular formula is C23H30N5+. The Balaban J connectivity index is 1.70. The molecule has 28 heavy (non-hydrogen) atoms. The van der Waals surface area contributed by atoms with Crippen molar-refractivity contribution in [3.63, 3.8) is 0 Å². The van der Waals surface area contributed by atoms with Gasteiger partial charge in [0.2, 0.25) is 0 Å². The molecule has 0 amide bonds. The van der Waals surface area contributed by atoms with Gasteiger partial charge in [-0.2, -0.15) is 9.61 Å². The summed E-state index contributed by atoms with van der Waals surface area (Å²) in [5.74, 6) is 1.32. The molecule has 1 aromatic carbocycles. The summed E-state index contributed by atoms with van der Waals surface area (Å²) >= 11 is 0. The van der Waals surface area contributed by atoms with Gasteiger partial charge in [0.05, 0.1) is 38.4 Å². The van der Waals surface area contributed by atoms with Crippen LogP contribution in [0.15, 0.2) is 30.3 Å². The first kappa shape index (κ1) is 17.7. The lowest BCUT2D eigenvalue weighted by molar-refractivity contribution is -0.898. The van der Waals surface area contributed by atoms with Crippen LogP contribution in [0.25, 0.3) is 16.8 Å². The van der Waals surface area contributed by atoms with E-state index in [1.165, 1.54) is 60.7 Å². The number of anilines is 1. The average molecular weight is 377 g/mol. The molecule has 0 unspecified atom stereocenters. The first-order valence-corrected chi connectivity index (χ1v) is 10.8. The van der Waals surface area contributed by atoms with E-state index in [0.717, 1.165) is 37.3 Å². The topological polar surface area (TPSA) is 37.9 Å². The second kappa shape index (κ2) is 7.21. The molecule has 1 N–H and O–H groups in total. The van der Waals surface area contributed by atoms with Crippen LogP contribution >= 0.6 is 0 Å². The van der Waals surface area contributed by atoms with Crippen LogP contribution in [0, 0.1) is 6.92 Å². The van der Waals surface area contributed by atoms with Crippen molar-refractivity contribution in [3.05, 3.63) is 47.3 Å². The van der Waals surface area contributed by atoms with E-state index in [4.69, 9.17) is 10.1 Å². The van der Waals surface area contributed by atoms with Gasteiger partial charge < -0.3 is 9.80 Å². The Morgan fingerprint density at radius 2 is 1.79 bits per heavy atom. The van der Waals surface area contributed by atoms with Crippen molar-refractivity contribution in [3.8, 4) is 11.1 Å². The van der Waals surface area contributed by atoms with E-state index in [1.54, 1.807) is 4.90 Å². The monoisotopic (exact) mass is 376 g/mol. The lowest BCUT2D eigenvalue weighted by Gasteiger charge is -2.35. The summed E-state index contributed by atoms with van der Waals surface area (Å²) in [4.78, 5) is 9.46. The Morgan fingerprint density at radius 1 is 1.04 bits per heavy atom. The number of hydrogen-bond acceptors (Lipinski definition) is 3. The van der Waals surface area contributed by atoms with Crippen LogP contribution in [0.5, 0.6) is 0 Å². The van der Waals surface area contributed by atoms with Gasteiger partial charge in [-0.05, 0) is 45.1 Å². The average Bonchev–Trinajstić information content (AvgIpc) is 3.08. The third-order valence-electron chi connectivity index (χ3n) is 6.52. The fourth-order valence-corrected chi connectivity index (χ4v) is 4.93. The number of nitrogens with one attached hydrogen (secondary N) is 1. The molecule has 0 saturated carbocycles. The Morgan fingerprint density at radius 3 is 2.54 bits per heavy atom. The highest BCUT2D eigenvalue weighted by Crippen LogP contribution is 2.35. The van der Waals surface area contributed by atoms with Gasteiger partial charge in [-0.1, -0.05) is 30.3 Å².